The minimum Gasteiger partial charge on any atom is -0.480 e. The number of hydrogen-bond acceptors (Lipinski definition) is 9. The van der Waals surface area contributed by atoms with Crippen molar-refractivity contribution in [3.8, 4) is 0 Å². The van der Waals surface area contributed by atoms with E-state index < -0.39 is 35.8 Å². The predicted molar refractivity (Wildman–Crippen MR) is 144 cm³/mol. The molecule has 2 unspecified atom stereocenters. The number of anilines is 2. The summed E-state index contributed by atoms with van der Waals surface area (Å²) >= 11 is 0. The molecule has 2 atom stereocenters. The fourth-order valence-corrected chi connectivity index (χ4v) is 4.20. The minimum atomic E-state index is -1.32. The highest BCUT2D eigenvalue weighted by Crippen LogP contribution is 2.27. The maximum Gasteiger partial charge on any atom is 0.407 e. The highest BCUT2D eigenvalue weighted by molar-refractivity contribution is 5.94. The Balaban J connectivity index is 1.56. The smallest absolute Gasteiger partial charge is 0.407 e. The zero-order valence-corrected chi connectivity index (χ0v) is 22.4. The number of nitrogens with zero attached hydrogens (tertiary/aromatic N) is 3. The van der Waals surface area contributed by atoms with Gasteiger partial charge in [-0.05, 0) is 38.0 Å². The summed E-state index contributed by atoms with van der Waals surface area (Å²) in [6, 6.07) is 6.15. The number of carbonyl (C=O) groups excluding carboxylic acids is 2. The summed E-state index contributed by atoms with van der Waals surface area (Å²) in [6.45, 7) is 9.86. The van der Waals surface area contributed by atoms with E-state index in [0.29, 0.717) is 38.7 Å². The highest BCUT2D eigenvalue weighted by atomic mass is 16.5. The number of piperazine rings is 1. The summed E-state index contributed by atoms with van der Waals surface area (Å²) in [4.78, 5) is 44.6. The SMILES string of the molecule is CC(C)COC(=O)NC(CNC(=O)N1CCN(c2cccc(NC3=NCC(O)CN3)c2)CC1(C)C)C(=O)O. The third-order valence-electron chi connectivity index (χ3n) is 6.18. The van der Waals surface area contributed by atoms with Crippen molar-refractivity contribution in [2.45, 2.75) is 45.4 Å². The van der Waals surface area contributed by atoms with Crippen molar-refractivity contribution in [1.29, 1.82) is 0 Å². The number of carboxylic acid groups (broad SMARTS) is 1. The molecule has 0 bridgehead atoms. The van der Waals surface area contributed by atoms with E-state index in [1.54, 1.807) is 4.90 Å². The van der Waals surface area contributed by atoms with Crippen LogP contribution in [0.25, 0.3) is 0 Å². The van der Waals surface area contributed by atoms with Crippen molar-refractivity contribution in [3.05, 3.63) is 24.3 Å². The molecule has 0 saturated carbocycles. The van der Waals surface area contributed by atoms with Crippen molar-refractivity contribution < 1.29 is 29.3 Å². The number of aliphatic hydroxyl groups is 1. The second-order valence-electron chi connectivity index (χ2n) is 10.5. The molecule has 3 amide bonds. The lowest BCUT2D eigenvalue weighted by atomic mass is 9.98. The number of aliphatic hydroxyl groups excluding tert-OH is 1. The molecule has 0 radical (unpaired) electrons. The van der Waals surface area contributed by atoms with Crippen LogP contribution in [0.1, 0.15) is 27.7 Å². The van der Waals surface area contributed by atoms with Crippen LogP contribution in [0.4, 0.5) is 21.0 Å². The van der Waals surface area contributed by atoms with Crippen LogP contribution in [-0.2, 0) is 9.53 Å². The van der Waals surface area contributed by atoms with Crippen LogP contribution in [0.3, 0.4) is 0 Å². The van der Waals surface area contributed by atoms with Crippen LogP contribution in [0, 0.1) is 5.92 Å². The molecule has 6 N–H and O–H groups in total. The monoisotopic (exact) mass is 533 g/mol. The maximum absolute atomic E-state index is 13.0. The summed E-state index contributed by atoms with van der Waals surface area (Å²) < 4.78 is 4.98. The summed E-state index contributed by atoms with van der Waals surface area (Å²) in [6.07, 6.45) is -1.32. The van der Waals surface area contributed by atoms with Crippen LogP contribution in [0.15, 0.2) is 29.3 Å². The van der Waals surface area contributed by atoms with Crippen molar-refractivity contribution in [3.63, 3.8) is 0 Å². The largest absolute Gasteiger partial charge is 0.480 e. The highest BCUT2D eigenvalue weighted by Gasteiger charge is 2.37. The minimum absolute atomic E-state index is 0.113. The fourth-order valence-electron chi connectivity index (χ4n) is 4.20. The molecular formula is C25H39N7O6. The van der Waals surface area contributed by atoms with Gasteiger partial charge >= 0.3 is 18.1 Å². The van der Waals surface area contributed by atoms with Gasteiger partial charge in [-0.3, -0.25) is 4.99 Å². The van der Waals surface area contributed by atoms with Crippen LogP contribution >= 0.6 is 0 Å². The molecule has 2 aliphatic heterocycles. The number of β-amino-alcohol motifs (C(OH)–C–C–N with tert-alkyl or cyclic N) is 1. The fraction of sp³-hybridized carbons (Fsp3) is 0.600. The van der Waals surface area contributed by atoms with Crippen LogP contribution in [0.2, 0.25) is 0 Å². The molecule has 1 aromatic rings. The predicted octanol–water partition coefficient (Wildman–Crippen LogP) is 0.864. The lowest BCUT2D eigenvalue weighted by Crippen LogP contribution is -2.64. The molecule has 13 nitrogen and oxygen atoms in total. The van der Waals surface area contributed by atoms with Crippen molar-refractivity contribution >= 4 is 35.4 Å². The number of hydrogen-bond donors (Lipinski definition) is 6. The lowest BCUT2D eigenvalue weighted by molar-refractivity contribution is -0.139. The zero-order chi connectivity index (χ0) is 27.9. The first-order valence-corrected chi connectivity index (χ1v) is 12.7. The Labute approximate surface area is 222 Å². The van der Waals surface area contributed by atoms with Crippen molar-refractivity contribution in [2.24, 2.45) is 10.9 Å². The molecule has 210 valence electrons. The number of guanidine groups is 1. The molecule has 3 rings (SSSR count). The summed E-state index contributed by atoms with van der Waals surface area (Å²) in [5.74, 6) is -0.548. The Hall–Kier alpha value is -3.74. The average Bonchev–Trinajstić information content (AvgIpc) is 2.86. The number of nitrogens with one attached hydrogen (secondary N) is 4. The maximum atomic E-state index is 13.0. The quantitative estimate of drug-likeness (QED) is 0.284. The van der Waals surface area contributed by atoms with Gasteiger partial charge < -0.3 is 46.0 Å². The number of carboxylic acids is 1. The first kappa shape index (κ1) is 28.8. The van der Waals surface area contributed by atoms with Gasteiger partial charge in [0, 0.05) is 37.6 Å². The van der Waals surface area contributed by atoms with E-state index in [9.17, 15) is 24.6 Å². The van der Waals surface area contributed by atoms with Crippen LogP contribution < -0.4 is 26.2 Å². The van der Waals surface area contributed by atoms with Crippen LogP contribution in [-0.4, -0.2) is 103 Å². The Kier molecular flexibility index (Phi) is 9.61. The number of amides is 3. The number of benzene rings is 1. The molecule has 1 fully saturated rings. The zero-order valence-electron chi connectivity index (χ0n) is 22.4. The van der Waals surface area contributed by atoms with E-state index in [2.05, 4.69) is 31.2 Å². The van der Waals surface area contributed by atoms with Gasteiger partial charge in [-0.25, -0.2) is 14.4 Å². The molecule has 0 spiro atoms. The molecule has 13 heteroatoms. The molecule has 1 aromatic carbocycles. The molecule has 38 heavy (non-hydrogen) atoms. The Morgan fingerprint density at radius 1 is 1.26 bits per heavy atom. The van der Waals surface area contributed by atoms with E-state index >= 15 is 0 Å². The first-order chi connectivity index (χ1) is 17.9. The number of rotatable bonds is 8. The first-order valence-electron chi connectivity index (χ1n) is 12.7. The van der Waals surface area contributed by atoms with Gasteiger partial charge in [0.25, 0.3) is 0 Å². The molecule has 0 aromatic heterocycles. The van der Waals surface area contributed by atoms with E-state index in [0.717, 1.165) is 11.4 Å². The summed E-state index contributed by atoms with van der Waals surface area (Å²) in [5.41, 5.74) is 1.27. The number of ether oxygens (including phenoxy) is 1. The lowest BCUT2D eigenvalue weighted by Gasteiger charge is -2.47. The molecule has 2 aliphatic rings. The van der Waals surface area contributed by atoms with E-state index in [1.807, 2.05) is 52.0 Å². The van der Waals surface area contributed by atoms with Gasteiger partial charge in [0.2, 0.25) is 0 Å². The molecule has 0 aliphatic carbocycles. The van der Waals surface area contributed by atoms with E-state index in [4.69, 9.17) is 4.74 Å². The standard InChI is InChI=1S/C25H39N7O6/c1-16(2)14-38-24(37)30-20(21(34)35)13-28-23(36)32-9-8-31(15-25(32,3)4)18-7-5-6-17(10-18)29-22-26-11-19(33)12-27-22/h5-7,10,16,19-20,33H,8-9,11-15H2,1-4H3,(H,28,36)(H,30,37)(H,34,35)(H2,26,27,29). The van der Waals surface area contributed by atoms with Gasteiger partial charge in [0.05, 0.1) is 31.3 Å². The van der Waals surface area contributed by atoms with Gasteiger partial charge in [0.15, 0.2) is 5.96 Å². The summed E-state index contributed by atoms with van der Waals surface area (Å²) in [7, 11) is 0. The van der Waals surface area contributed by atoms with Gasteiger partial charge in [-0.15, -0.1) is 0 Å². The molecular weight excluding hydrogens is 494 g/mol. The number of carbonyl (C=O) groups is 3. The van der Waals surface area contributed by atoms with Gasteiger partial charge in [-0.1, -0.05) is 19.9 Å². The Morgan fingerprint density at radius 3 is 2.66 bits per heavy atom. The van der Waals surface area contributed by atoms with Gasteiger partial charge in [-0.2, -0.15) is 0 Å². The van der Waals surface area contributed by atoms with E-state index in [-0.39, 0.29) is 19.1 Å². The third kappa shape index (κ3) is 8.13. The third-order valence-corrected chi connectivity index (χ3v) is 6.18. The van der Waals surface area contributed by atoms with E-state index in [1.165, 1.54) is 0 Å². The average molecular weight is 534 g/mol. The normalized spacial score (nSPS) is 19.6. The number of aliphatic imine (C=N–C) groups is 1. The number of urea groups is 1. The number of alkyl carbamates (subject to hydrolysis) is 1. The molecule has 2 heterocycles. The second-order valence-corrected chi connectivity index (χ2v) is 10.5. The van der Waals surface area contributed by atoms with Crippen molar-refractivity contribution in [2.75, 3.05) is 56.1 Å². The second kappa shape index (κ2) is 12.7. The molecule has 1 saturated heterocycles. The number of aliphatic carboxylic acids is 1. The Morgan fingerprint density at radius 2 is 2.03 bits per heavy atom. The van der Waals surface area contributed by atoms with Crippen molar-refractivity contribution in [1.82, 2.24) is 20.9 Å². The Bertz CT molecular complexity index is 1030. The topological polar surface area (TPSA) is 168 Å². The van der Waals surface area contributed by atoms with Gasteiger partial charge in [0.1, 0.15) is 6.04 Å². The van der Waals surface area contributed by atoms with Crippen LogP contribution in [0.5, 0.6) is 0 Å². The summed E-state index contributed by atoms with van der Waals surface area (Å²) in [5, 5.41) is 30.3.